The van der Waals surface area contributed by atoms with Crippen LogP contribution in [-0.2, 0) is 30.3 Å². The highest BCUT2D eigenvalue weighted by atomic mass is 16.5. The minimum absolute atomic E-state index is 0.0181. The Morgan fingerprint density at radius 1 is 1.10 bits per heavy atom. The largest absolute Gasteiger partial charge is 0.458 e. The molecular weight excluding hydrogens is 522 g/mol. The van der Waals surface area contributed by atoms with Crippen molar-refractivity contribution in [2.75, 3.05) is 13.2 Å². The number of esters is 1. The number of rotatable bonds is 9. The Bertz CT molecular complexity index is 1270. The summed E-state index contributed by atoms with van der Waals surface area (Å²) in [5, 5.41) is 26.1. The van der Waals surface area contributed by atoms with Gasteiger partial charge in [0.15, 0.2) is 12.4 Å². The SMILES string of the molecule is C[C@]12C=CC(=O)C=C1CC[C@@H]1[C@@H]2[C@H](O)C[C@@]2(C)[C@H]1CC[C@]2(O)C(=O)COC(=O)CCC(=O)NCCc1ccccc1. The fourth-order valence-corrected chi connectivity index (χ4v) is 8.42. The molecule has 0 unspecified atom stereocenters. The monoisotopic (exact) mass is 563 g/mol. The number of ketones is 2. The summed E-state index contributed by atoms with van der Waals surface area (Å²) in [7, 11) is 0. The lowest BCUT2D eigenvalue weighted by Crippen LogP contribution is -2.61. The highest BCUT2D eigenvalue weighted by molar-refractivity contribution is 6.01. The van der Waals surface area contributed by atoms with E-state index in [9.17, 15) is 29.4 Å². The Kier molecular flexibility index (Phi) is 8.09. The summed E-state index contributed by atoms with van der Waals surface area (Å²) < 4.78 is 5.22. The molecule has 8 nitrogen and oxygen atoms in total. The van der Waals surface area contributed by atoms with Gasteiger partial charge >= 0.3 is 5.97 Å². The zero-order valence-electron chi connectivity index (χ0n) is 23.9. The second-order valence-corrected chi connectivity index (χ2v) is 12.8. The minimum atomic E-state index is -1.71. The van der Waals surface area contributed by atoms with Gasteiger partial charge in [0, 0.05) is 29.7 Å². The number of ether oxygens (including phenoxy) is 1. The van der Waals surface area contributed by atoms with Crippen molar-refractivity contribution >= 4 is 23.4 Å². The second-order valence-electron chi connectivity index (χ2n) is 12.8. The fourth-order valence-electron chi connectivity index (χ4n) is 8.42. The van der Waals surface area contributed by atoms with Crippen LogP contribution in [0.15, 0.2) is 54.1 Å². The van der Waals surface area contributed by atoms with E-state index in [1.165, 1.54) is 0 Å². The predicted octanol–water partition coefficient (Wildman–Crippen LogP) is 3.25. The summed E-state index contributed by atoms with van der Waals surface area (Å²) in [6.45, 7) is 3.87. The normalized spacial score (nSPS) is 35.5. The van der Waals surface area contributed by atoms with Crippen LogP contribution in [0.2, 0.25) is 0 Å². The molecule has 0 heterocycles. The van der Waals surface area contributed by atoms with Crippen molar-refractivity contribution in [2.45, 2.75) is 76.9 Å². The van der Waals surface area contributed by atoms with Crippen molar-refractivity contribution in [1.29, 1.82) is 0 Å². The van der Waals surface area contributed by atoms with E-state index in [0.29, 0.717) is 19.4 Å². The van der Waals surface area contributed by atoms with Crippen molar-refractivity contribution in [3.05, 3.63) is 59.7 Å². The van der Waals surface area contributed by atoms with E-state index < -0.39 is 40.9 Å². The Hall–Kier alpha value is -3.10. The van der Waals surface area contributed by atoms with E-state index in [4.69, 9.17) is 4.74 Å². The van der Waals surface area contributed by atoms with E-state index in [1.807, 2.05) is 43.3 Å². The van der Waals surface area contributed by atoms with E-state index >= 15 is 0 Å². The lowest BCUT2D eigenvalue weighted by molar-refractivity contribution is -0.181. The molecule has 1 aromatic carbocycles. The van der Waals surface area contributed by atoms with Gasteiger partial charge in [-0.1, -0.05) is 55.8 Å². The first-order valence-electron chi connectivity index (χ1n) is 14.8. The molecule has 8 heteroatoms. The molecule has 0 aromatic heterocycles. The summed E-state index contributed by atoms with van der Waals surface area (Å²) in [6.07, 6.45) is 7.63. The van der Waals surface area contributed by atoms with Crippen LogP contribution < -0.4 is 5.32 Å². The number of aliphatic hydroxyl groups excluding tert-OH is 1. The molecule has 0 bridgehead atoms. The zero-order chi connectivity index (χ0) is 29.4. The number of carbonyl (C=O) groups is 4. The third-order valence-electron chi connectivity index (χ3n) is 10.6. The quantitative estimate of drug-likeness (QED) is 0.393. The Balaban J connectivity index is 1.15. The number of hydrogen-bond acceptors (Lipinski definition) is 7. The van der Waals surface area contributed by atoms with Crippen molar-refractivity contribution in [3.8, 4) is 0 Å². The van der Waals surface area contributed by atoms with Gasteiger partial charge in [-0.15, -0.1) is 0 Å². The molecule has 0 spiro atoms. The molecule has 3 N–H and O–H groups in total. The third-order valence-corrected chi connectivity index (χ3v) is 10.6. The lowest BCUT2D eigenvalue weighted by Gasteiger charge is -2.59. The lowest BCUT2D eigenvalue weighted by atomic mass is 9.46. The van der Waals surface area contributed by atoms with Crippen LogP contribution in [0.3, 0.4) is 0 Å². The van der Waals surface area contributed by atoms with Crippen LogP contribution in [-0.4, -0.2) is 58.5 Å². The number of amides is 1. The minimum Gasteiger partial charge on any atom is -0.458 e. The van der Waals surface area contributed by atoms with Crippen molar-refractivity contribution in [1.82, 2.24) is 5.32 Å². The molecule has 5 rings (SSSR count). The van der Waals surface area contributed by atoms with Crippen LogP contribution in [0.1, 0.15) is 64.4 Å². The summed E-state index contributed by atoms with van der Waals surface area (Å²) >= 11 is 0. The molecule has 4 aliphatic carbocycles. The highest BCUT2D eigenvalue weighted by Crippen LogP contribution is 2.67. The van der Waals surface area contributed by atoms with Crippen molar-refractivity contribution in [3.63, 3.8) is 0 Å². The predicted molar refractivity (Wildman–Crippen MR) is 151 cm³/mol. The van der Waals surface area contributed by atoms with Gasteiger partial charge in [0.2, 0.25) is 11.7 Å². The van der Waals surface area contributed by atoms with Crippen LogP contribution >= 0.6 is 0 Å². The Morgan fingerprint density at radius 3 is 2.61 bits per heavy atom. The van der Waals surface area contributed by atoms with Gasteiger partial charge in [0.25, 0.3) is 0 Å². The molecule has 4 aliphatic rings. The molecule has 0 aliphatic heterocycles. The first-order valence-corrected chi connectivity index (χ1v) is 14.8. The van der Waals surface area contributed by atoms with Crippen LogP contribution in [0, 0.1) is 28.6 Å². The molecule has 7 atom stereocenters. The average molecular weight is 564 g/mol. The molecule has 0 saturated heterocycles. The number of hydrogen-bond donors (Lipinski definition) is 3. The van der Waals surface area contributed by atoms with E-state index in [0.717, 1.165) is 24.0 Å². The summed E-state index contributed by atoms with van der Waals surface area (Å²) in [5.74, 6) is -1.50. The van der Waals surface area contributed by atoms with Crippen LogP contribution in [0.4, 0.5) is 0 Å². The van der Waals surface area contributed by atoms with Gasteiger partial charge in [0.05, 0.1) is 12.5 Å². The molecule has 41 heavy (non-hydrogen) atoms. The third kappa shape index (κ3) is 5.32. The second kappa shape index (κ2) is 11.3. The summed E-state index contributed by atoms with van der Waals surface area (Å²) in [4.78, 5) is 49.9. The zero-order valence-corrected chi connectivity index (χ0v) is 23.9. The topological polar surface area (TPSA) is 130 Å². The molecule has 3 saturated carbocycles. The molecule has 3 fully saturated rings. The summed E-state index contributed by atoms with van der Waals surface area (Å²) in [5.41, 5.74) is -0.842. The van der Waals surface area contributed by atoms with Gasteiger partial charge < -0.3 is 20.3 Å². The van der Waals surface area contributed by atoms with Gasteiger partial charge in [-0.05, 0) is 68.1 Å². The molecule has 1 amide bonds. The standard InChI is InChI=1S/C33H41NO7/c1-31-15-12-23(35)18-22(31)8-9-24-25-13-16-33(40,32(25,2)19-26(36)30(24)31)27(37)20-41-29(39)11-10-28(38)34-17-14-21-6-4-3-5-7-21/h3-7,12,15,18,24-26,30,36,40H,8-11,13-14,16-17,19-20H2,1-2H3,(H,34,38)/t24-,25-,26+,30+,31-,32-,33-/m0/s1. The van der Waals surface area contributed by atoms with Gasteiger partial charge in [-0.2, -0.15) is 0 Å². The maximum absolute atomic E-state index is 13.4. The molecule has 1 aromatic rings. The maximum atomic E-state index is 13.4. The number of allylic oxidation sites excluding steroid dienone is 4. The first kappa shape index (κ1) is 29.4. The molecular formula is C33H41NO7. The average Bonchev–Trinajstić information content (AvgIpc) is 3.22. The maximum Gasteiger partial charge on any atom is 0.306 e. The van der Waals surface area contributed by atoms with E-state index in [-0.39, 0.29) is 55.1 Å². The van der Waals surface area contributed by atoms with Crippen LogP contribution in [0.5, 0.6) is 0 Å². The van der Waals surface area contributed by atoms with E-state index in [1.54, 1.807) is 12.2 Å². The number of aliphatic hydroxyl groups is 2. The number of nitrogens with one attached hydrogen (secondary N) is 1. The highest BCUT2D eigenvalue weighted by Gasteiger charge is 2.68. The molecule has 220 valence electrons. The number of Topliss-reactive ketones (excluding diaryl/α,β-unsaturated/α-hetero) is 1. The van der Waals surface area contributed by atoms with Crippen molar-refractivity contribution < 1.29 is 34.1 Å². The Labute approximate surface area is 241 Å². The van der Waals surface area contributed by atoms with Gasteiger partial charge in [-0.25, -0.2) is 0 Å². The van der Waals surface area contributed by atoms with Crippen molar-refractivity contribution in [2.24, 2.45) is 28.6 Å². The van der Waals surface area contributed by atoms with Gasteiger partial charge in [0.1, 0.15) is 5.60 Å². The number of fused-ring (bicyclic) bond motifs is 5. The van der Waals surface area contributed by atoms with E-state index in [2.05, 4.69) is 12.2 Å². The Morgan fingerprint density at radius 2 is 1.85 bits per heavy atom. The first-order chi connectivity index (χ1) is 19.5. The van der Waals surface area contributed by atoms with Gasteiger partial charge in [-0.3, -0.25) is 19.2 Å². The van der Waals surface area contributed by atoms with Crippen LogP contribution in [0.25, 0.3) is 0 Å². The number of carbonyl (C=O) groups excluding carboxylic acids is 4. The fraction of sp³-hybridized carbons (Fsp3) is 0.576. The number of benzene rings is 1. The summed E-state index contributed by atoms with van der Waals surface area (Å²) in [6, 6.07) is 9.76. The smallest absolute Gasteiger partial charge is 0.306 e. The molecule has 0 radical (unpaired) electrons.